The molecular formula is C15H19NO3. The lowest BCUT2D eigenvalue weighted by Crippen LogP contribution is -2.48. The lowest BCUT2D eigenvalue weighted by atomic mass is 9.93. The predicted molar refractivity (Wildman–Crippen MR) is 71.6 cm³/mol. The van der Waals surface area contributed by atoms with Crippen molar-refractivity contribution in [2.24, 2.45) is 0 Å². The summed E-state index contributed by atoms with van der Waals surface area (Å²) in [6, 6.07) is 7.02. The van der Waals surface area contributed by atoms with Crippen molar-refractivity contribution in [3.8, 4) is 0 Å². The van der Waals surface area contributed by atoms with E-state index >= 15 is 0 Å². The zero-order valence-electron chi connectivity index (χ0n) is 11.1. The van der Waals surface area contributed by atoms with Crippen LogP contribution in [0.15, 0.2) is 24.3 Å². The van der Waals surface area contributed by atoms with E-state index in [0.717, 1.165) is 24.0 Å². The van der Waals surface area contributed by atoms with Crippen molar-refractivity contribution in [3.63, 3.8) is 0 Å². The molecule has 1 amide bonds. The smallest absolute Gasteiger partial charge is 0.326 e. The topological polar surface area (TPSA) is 57.6 Å². The number of carbonyl (C=O) groups is 2. The maximum Gasteiger partial charge on any atom is 0.326 e. The van der Waals surface area contributed by atoms with Crippen LogP contribution in [-0.2, 0) is 22.6 Å². The van der Waals surface area contributed by atoms with Crippen molar-refractivity contribution in [3.05, 3.63) is 35.4 Å². The molecule has 1 aromatic carbocycles. The van der Waals surface area contributed by atoms with E-state index in [1.165, 1.54) is 4.90 Å². The number of carboxylic acid groups (broad SMARTS) is 1. The van der Waals surface area contributed by atoms with Gasteiger partial charge < -0.3 is 10.0 Å². The Kier molecular flexibility index (Phi) is 4.20. The third-order valence-electron chi connectivity index (χ3n) is 3.60. The SMILES string of the molecule is CCCCC(=O)N1Cc2ccccc2CC1C(=O)O. The molecule has 0 aromatic heterocycles. The van der Waals surface area contributed by atoms with Gasteiger partial charge in [-0.15, -0.1) is 0 Å². The molecule has 1 N–H and O–H groups in total. The number of carboxylic acids is 1. The second kappa shape index (κ2) is 5.87. The van der Waals surface area contributed by atoms with Crippen molar-refractivity contribution in [1.82, 2.24) is 4.90 Å². The highest BCUT2D eigenvalue weighted by atomic mass is 16.4. The molecule has 4 nitrogen and oxygen atoms in total. The van der Waals surface area contributed by atoms with Crippen LogP contribution in [0.2, 0.25) is 0 Å². The van der Waals surface area contributed by atoms with Crippen LogP contribution in [-0.4, -0.2) is 27.9 Å². The Morgan fingerprint density at radius 3 is 2.63 bits per heavy atom. The first-order valence-corrected chi connectivity index (χ1v) is 6.72. The summed E-state index contributed by atoms with van der Waals surface area (Å²) in [4.78, 5) is 25.0. The number of amides is 1. The summed E-state index contributed by atoms with van der Waals surface area (Å²) >= 11 is 0. The molecule has 4 heteroatoms. The highest BCUT2D eigenvalue weighted by Crippen LogP contribution is 2.24. The molecule has 1 aliphatic heterocycles. The number of aliphatic carboxylic acids is 1. The molecule has 0 saturated heterocycles. The Balaban J connectivity index is 2.21. The third-order valence-corrected chi connectivity index (χ3v) is 3.60. The molecule has 19 heavy (non-hydrogen) atoms. The van der Waals surface area contributed by atoms with E-state index < -0.39 is 12.0 Å². The molecule has 0 aliphatic carbocycles. The highest BCUT2D eigenvalue weighted by molar-refractivity contribution is 5.84. The van der Waals surface area contributed by atoms with Gasteiger partial charge in [-0.1, -0.05) is 37.6 Å². The number of hydrogen-bond donors (Lipinski definition) is 1. The van der Waals surface area contributed by atoms with E-state index in [9.17, 15) is 14.7 Å². The molecule has 1 unspecified atom stereocenters. The normalized spacial score (nSPS) is 17.9. The van der Waals surface area contributed by atoms with Crippen LogP contribution in [0.1, 0.15) is 37.3 Å². The number of carbonyl (C=O) groups excluding carboxylic acids is 1. The van der Waals surface area contributed by atoms with E-state index in [1.807, 2.05) is 31.2 Å². The van der Waals surface area contributed by atoms with Gasteiger partial charge in [-0.05, 0) is 17.5 Å². The summed E-state index contributed by atoms with van der Waals surface area (Å²) in [5.74, 6) is -0.969. The van der Waals surface area contributed by atoms with Crippen molar-refractivity contribution < 1.29 is 14.7 Å². The molecule has 0 bridgehead atoms. The number of nitrogens with zero attached hydrogens (tertiary/aromatic N) is 1. The minimum absolute atomic E-state index is 0.0521. The molecule has 0 saturated carbocycles. The number of hydrogen-bond acceptors (Lipinski definition) is 2. The average molecular weight is 261 g/mol. The van der Waals surface area contributed by atoms with Crippen molar-refractivity contribution in [2.45, 2.75) is 45.2 Å². The van der Waals surface area contributed by atoms with Gasteiger partial charge in [0.05, 0.1) is 0 Å². The van der Waals surface area contributed by atoms with Gasteiger partial charge in [-0.25, -0.2) is 4.79 Å². The first kappa shape index (κ1) is 13.6. The fraction of sp³-hybridized carbons (Fsp3) is 0.467. The Morgan fingerprint density at radius 1 is 1.32 bits per heavy atom. The first-order valence-electron chi connectivity index (χ1n) is 6.72. The molecule has 102 valence electrons. The minimum Gasteiger partial charge on any atom is -0.480 e. The van der Waals surface area contributed by atoms with Crippen molar-refractivity contribution >= 4 is 11.9 Å². The maximum absolute atomic E-state index is 12.1. The Labute approximate surface area is 113 Å². The molecule has 0 spiro atoms. The molecule has 1 aromatic rings. The van der Waals surface area contributed by atoms with Crippen molar-refractivity contribution in [1.29, 1.82) is 0 Å². The van der Waals surface area contributed by atoms with Crippen LogP contribution in [0, 0.1) is 0 Å². The zero-order valence-corrected chi connectivity index (χ0v) is 11.1. The molecule has 1 heterocycles. The van der Waals surface area contributed by atoms with Crippen LogP contribution in [0.5, 0.6) is 0 Å². The standard InChI is InChI=1S/C15H19NO3/c1-2-3-8-14(17)16-10-12-7-5-4-6-11(12)9-13(16)15(18)19/h4-7,13H,2-3,8-10H2,1H3,(H,18,19). The van der Waals surface area contributed by atoms with Gasteiger partial charge >= 0.3 is 5.97 Å². The number of rotatable bonds is 4. The zero-order chi connectivity index (χ0) is 13.8. The Hall–Kier alpha value is -1.84. The maximum atomic E-state index is 12.1. The van der Waals surface area contributed by atoms with Gasteiger partial charge in [0.25, 0.3) is 0 Å². The monoisotopic (exact) mass is 261 g/mol. The van der Waals surface area contributed by atoms with E-state index in [4.69, 9.17) is 0 Å². The van der Waals surface area contributed by atoms with Crippen LogP contribution in [0.4, 0.5) is 0 Å². The largest absolute Gasteiger partial charge is 0.480 e. The Morgan fingerprint density at radius 2 is 2.00 bits per heavy atom. The number of fused-ring (bicyclic) bond motifs is 1. The molecule has 1 aliphatic rings. The summed E-state index contributed by atoms with van der Waals surface area (Å²) in [6.45, 7) is 2.43. The molecule has 0 radical (unpaired) electrons. The fourth-order valence-corrected chi connectivity index (χ4v) is 2.48. The van der Waals surface area contributed by atoms with Crippen LogP contribution < -0.4 is 0 Å². The van der Waals surface area contributed by atoms with E-state index in [-0.39, 0.29) is 5.91 Å². The number of benzene rings is 1. The average Bonchev–Trinajstić information content (AvgIpc) is 2.43. The van der Waals surface area contributed by atoms with Crippen LogP contribution in [0.3, 0.4) is 0 Å². The van der Waals surface area contributed by atoms with E-state index in [1.54, 1.807) is 0 Å². The summed E-state index contributed by atoms with van der Waals surface area (Å²) < 4.78 is 0. The minimum atomic E-state index is -0.917. The summed E-state index contributed by atoms with van der Waals surface area (Å²) in [6.07, 6.45) is 2.59. The van der Waals surface area contributed by atoms with Crippen LogP contribution in [0.25, 0.3) is 0 Å². The summed E-state index contributed by atoms with van der Waals surface area (Å²) in [5.41, 5.74) is 2.10. The highest BCUT2D eigenvalue weighted by Gasteiger charge is 2.33. The quantitative estimate of drug-likeness (QED) is 0.904. The van der Waals surface area contributed by atoms with Gasteiger partial charge in [0.1, 0.15) is 6.04 Å². The van der Waals surface area contributed by atoms with Gasteiger partial charge in [0.2, 0.25) is 5.91 Å². The van der Waals surface area contributed by atoms with Crippen LogP contribution >= 0.6 is 0 Å². The Bertz CT molecular complexity index is 484. The lowest BCUT2D eigenvalue weighted by Gasteiger charge is -2.34. The summed E-state index contributed by atoms with van der Waals surface area (Å²) in [5, 5.41) is 9.31. The van der Waals surface area contributed by atoms with Gasteiger partial charge in [0.15, 0.2) is 0 Å². The molecule has 0 fully saturated rings. The van der Waals surface area contributed by atoms with Gasteiger partial charge in [-0.2, -0.15) is 0 Å². The van der Waals surface area contributed by atoms with E-state index in [2.05, 4.69) is 0 Å². The first-order chi connectivity index (χ1) is 9.13. The predicted octanol–water partition coefficient (Wildman–Crippen LogP) is 2.21. The number of unbranched alkanes of at least 4 members (excludes halogenated alkanes) is 1. The fourth-order valence-electron chi connectivity index (χ4n) is 2.48. The third kappa shape index (κ3) is 2.95. The van der Waals surface area contributed by atoms with Gasteiger partial charge in [0, 0.05) is 19.4 Å². The van der Waals surface area contributed by atoms with Gasteiger partial charge in [-0.3, -0.25) is 4.79 Å². The second-order valence-electron chi connectivity index (χ2n) is 4.95. The molecule has 2 rings (SSSR count). The second-order valence-corrected chi connectivity index (χ2v) is 4.95. The molecular weight excluding hydrogens is 242 g/mol. The molecule has 1 atom stereocenters. The van der Waals surface area contributed by atoms with Crippen molar-refractivity contribution in [2.75, 3.05) is 0 Å². The summed E-state index contributed by atoms with van der Waals surface area (Å²) in [7, 11) is 0. The lowest BCUT2D eigenvalue weighted by molar-refractivity contribution is -0.151. The van der Waals surface area contributed by atoms with E-state index in [0.29, 0.717) is 19.4 Å².